The van der Waals surface area contributed by atoms with E-state index in [9.17, 15) is 0 Å². The third-order valence-corrected chi connectivity index (χ3v) is 3.98. The van der Waals surface area contributed by atoms with Gasteiger partial charge < -0.3 is 10.1 Å². The van der Waals surface area contributed by atoms with Crippen molar-refractivity contribution in [1.29, 1.82) is 5.26 Å². The van der Waals surface area contributed by atoms with Gasteiger partial charge in [-0.3, -0.25) is 4.90 Å². The zero-order valence-corrected chi connectivity index (χ0v) is 12.4. The van der Waals surface area contributed by atoms with Crippen molar-refractivity contribution in [3.05, 3.63) is 29.3 Å². The molecular formula is C16H23N3O. The second-order valence-corrected chi connectivity index (χ2v) is 5.31. The molecule has 0 radical (unpaired) electrons. The van der Waals surface area contributed by atoms with E-state index in [1.165, 1.54) is 11.1 Å². The van der Waals surface area contributed by atoms with Crippen LogP contribution >= 0.6 is 0 Å². The average molecular weight is 273 g/mol. The van der Waals surface area contributed by atoms with Gasteiger partial charge in [0.1, 0.15) is 12.4 Å². The minimum atomic E-state index is 0.182. The summed E-state index contributed by atoms with van der Waals surface area (Å²) in [5.74, 6) is 0.933. The first-order valence-corrected chi connectivity index (χ1v) is 7.23. The van der Waals surface area contributed by atoms with E-state index >= 15 is 0 Å². The summed E-state index contributed by atoms with van der Waals surface area (Å²) in [7, 11) is 0. The van der Waals surface area contributed by atoms with Crippen molar-refractivity contribution in [3.8, 4) is 11.8 Å². The smallest absolute Gasteiger partial charge is 0.122 e. The second-order valence-electron chi connectivity index (χ2n) is 5.31. The molecule has 1 atom stereocenters. The molecule has 1 saturated heterocycles. The van der Waals surface area contributed by atoms with E-state index in [2.05, 4.69) is 36.2 Å². The van der Waals surface area contributed by atoms with E-state index in [0.717, 1.165) is 31.9 Å². The van der Waals surface area contributed by atoms with Gasteiger partial charge in [-0.05, 0) is 31.0 Å². The van der Waals surface area contributed by atoms with Crippen molar-refractivity contribution in [1.82, 2.24) is 10.2 Å². The number of nitriles is 1. The molecule has 0 saturated carbocycles. The topological polar surface area (TPSA) is 48.3 Å². The van der Waals surface area contributed by atoms with Crippen LogP contribution in [0.3, 0.4) is 0 Å². The van der Waals surface area contributed by atoms with Crippen LogP contribution < -0.4 is 10.1 Å². The van der Waals surface area contributed by atoms with Crippen LogP contribution in [0.5, 0.6) is 5.75 Å². The zero-order chi connectivity index (χ0) is 14.4. The molecule has 108 valence electrons. The van der Waals surface area contributed by atoms with Gasteiger partial charge in [-0.2, -0.15) is 5.26 Å². The highest BCUT2D eigenvalue weighted by molar-refractivity contribution is 5.38. The highest BCUT2D eigenvalue weighted by Crippen LogP contribution is 2.21. The Labute approximate surface area is 121 Å². The molecule has 0 aliphatic carbocycles. The first kappa shape index (κ1) is 14.8. The average Bonchev–Trinajstić information content (AvgIpc) is 2.48. The fourth-order valence-electron chi connectivity index (χ4n) is 2.51. The van der Waals surface area contributed by atoms with E-state index in [0.29, 0.717) is 13.0 Å². The number of piperazine rings is 1. The van der Waals surface area contributed by atoms with Crippen molar-refractivity contribution in [3.63, 3.8) is 0 Å². The number of nitrogens with one attached hydrogen (secondary N) is 1. The number of hydrogen-bond acceptors (Lipinski definition) is 4. The molecule has 0 spiro atoms. The van der Waals surface area contributed by atoms with Gasteiger partial charge in [0.05, 0.1) is 18.5 Å². The Hall–Kier alpha value is -1.57. The Bertz CT molecular complexity index is 475. The first-order valence-electron chi connectivity index (χ1n) is 7.23. The van der Waals surface area contributed by atoms with Crippen LogP contribution in [0, 0.1) is 25.2 Å². The summed E-state index contributed by atoms with van der Waals surface area (Å²) in [5.41, 5.74) is 2.42. The third kappa shape index (κ3) is 3.72. The zero-order valence-electron chi connectivity index (χ0n) is 12.4. The number of benzene rings is 1. The maximum absolute atomic E-state index is 9.02. The highest BCUT2D eigenvalue weighted by Gasteiger charge is 2.21. The summed E-state index contributed by atoms with van der Waals surface area (Å²) in [6, 6.07) is 8.58. The Morgan fingerprint density at radius 1 is 1.35 bits per heavy atom. The number of nitrogens with zero attached hydrogens (tertiary/aromatic N) is 2. The van der Waals surface area contributed by atoms with Crippen molar-refractivity contribution in [2.24, 2.45) is 0 Å². The molecule has 1 aromatic rings. The van der Waals surface area contributed by atoms with Crippen LogP contribution in [0.25, 0.3) is 0 Å². The van der Waals surface area contributed by atoms with Crippen LogP contribution in [-0.2, 0) is 0 Å². The summed E-state index contributed by atoms with van der Waals surface area (Å²) in [6.07, 6.45) is 0.519. The van der Waals surface area contributed by atoms with Gasteiger partial charge in [0.2, 0.25) is 0 Å². The monoisotopic (exact) mass is 273 g/mol. The van der Waals surface area contributed by atoms with Crippen molar-refractivity contribution in [2.45, 2.75) is 26.3 Å². The van der Waals surface area contributed by atoms with Gasteiger partial charge in [-0.15, -0.1) is 0 Å². The fourth-order valence-corrected chi connectivity index (χ4v) is 2.51. The molecule has 1 heterocycles. The van der Waals surface area contributed by atoms with E-state index in [1.54, 1.807) is 0 Å². The van der Waals surface area contributed by atoms with Crippen molar-refractivity contribution in [2.75, 3.05) is 32.8 Å². The molecule has 4 heteroatoms. The molecule has 0 aromatic heterocycles. The van der Waals surface area contributed by atoms with Crippen LogP contribution in [0.2, 0.25) is 0 Å². The molecule has 0 amide bonds. The van der Waals surface area contributed by atoms with Crippen molar-refractivity contribution < 1.29 is 4.74 Å². The molecule has 1 unspecified atom stereocenters. The lowest BCUT2D eigenvalue weighted by Crippen LogP contribution is -2.50. The standard InChI is InChI=1S/C16H23N3O/c1-13-4-3-5-16(14(13)2)20-12-15(6-7-17)19-10-8-18-9-11-19/h3-5,15,18H,6,8-12H2,1-2H3. The maximum Gasteiger partial charge on any atom is 0.122 e. The minimum absolute atomic E-state index is 0.182. The summed E-state index contributed by atoms with van der Waals surface area (Å²) >= 11 is 0. The van der Waals surface area contributed by atoms with Crippen LogP contribution in [-0.4, -0.2) is 43.7 Å². The molecule has 1 aliphatic rings. The molecule has 1 N–H and O–H groups in total. The summed E-state index contributed by atoms with van der Waals surface area (Å²) in [4.78, 5) is 2.35. The highest BCUT2D eigenvalue weighted by atomic mass is 16.5. The largest absolute Gasteiger partial charge is 0.492 e. The number of rotatable bonds is 5. The lowest BCUT2D eigenvalue weighted by molar-refractivity contribution is 0.123. The van der Waals surface area contributed by atoms with Crippen LogP contribution in [0.1, 0.15) is 17.5 Å². The third-order valence-electron chi connectivity index (χ3n) is 3.98. The number of ether oxygens (including phenoxy) is 1. The predicted octanol–water partition coefficient (Wildman–Crippen LogP) is 1.87. The number of hydrogen-bond donors (Lipinski definition) is 1. The SMILES string of the molecule is Cc1cccc(OCC(CC#N)N2CCNCC2)c1C. The Balaban J connectivity index is 1.98. The van der Waals surface area contributed by atoms with Crippen LogP contribution in [0.15, 0.2) is 18.2 Å². The van der Waals surface area contributed by atoms with E-state index in [1.807, 2.05) is 12.1 Å². The Kier molecular flexibility index (Phi) is 5.40. The number of aryl methyl sites for hydroxylation is 1. The molecule has 2 rings (SSSR count). The van der Waals surface area contributed by atoms with Gasteiger partial charge >= 0.3 is 0 Å². The van der Waals surface area contributed by atoms with Crippen LogP contribution in [0.4, 0.5) is 0 Å². The maximum atomic E-state index is 9.02. The summed E-state index contributed by atoms with van der Waals surface area (Å²) in [6.45, 7) is 8.71. The fraction of sp³-hybridized carbons (Fsp3) is 0.562. The minimum Gasteiger partial charge on any atom is -0.492 e. The summed E-state index contributed by atoms with van der Waals surface area (Å²) in [5, 5.41) is 12.4. The molecule has 1 aliphatic heterocycles. The lowest BCUT2D eigenvalue weighted by Gasteiger charge is -2.33. The first-order chi connectivity index (χ1) is 9.72. The van der Waals surface area contributed by atoms with Gasteiger partial charge in [0.25, 0.3) is 0 Å². The molecule has 4 nitrogen and oxygen atoms in total. The van der Waals surface area contributed by atoms with Gasteiger partial charge in [0.15, 0.2) is 0 Å². The predicted molar refractivity (Wildman–Crippen MR) is 79.9 cm³/mol. The quantitative estimate of drug-likeness (QED) is 0.890. The van der Waals surface area contributed by atoms with Gasteiger partial charge in [-0.25, -0.2) is 0 Å². The van der Waals surface area contributed by atoms with E-state index in [4.69, 9.17) is 10.00 Å². The normalized spacial score (nSPS) is 17.4. The Morgan fingerprint density at radius 3 is 2.80 bits per heavy atom. The lowest BCUT2D eigenvalue weighted by atomic mass is 10.1. The molecular weight excluding hydrogens is 250 g/mol. The van der Waals surface area contributed by atoms with Crippen molar-refractivity contribution >= 4 is 0 Å². The van der Waals surface area contributed by atoms with E-state index < -0.39 is 0 Å². The van der Waals surface area contributed by atoms with Gasteiger partial charge in [0, 0.05) is 26.2 Å². The molecule has 1 aromatic carbocycles. The molecule has 1 fully saturated rings. The second kappa shape index (κ2) is 7.28. The van der Waals surface area contributed by atoms with Gasteiger partial charge in [-0.1, -0.05) is 12.1 Å². The molecule has 0 bridgehead atoms. The van der Waals surface area contributed by atoms with E-state index in [-0.39, 0.29) is 6.04 Å². The molecule has 20 heavy (non-hydrogen) atoms. The Morgan fingerprint density at radius 2 is 2.10 bits per heavy atom. The summed E-state index contributed by atoms with van der Waals surface area (Å²) < 4.78 is 5.97.